The second-order valence-electron chi connectivity index (χ2n) is 17.2. The van der Waals surface area contributed by atoms with Gasteiger partial charge in [-0.05, 0) is 81.9 Å². The van der Waals surface area contributed by atoms with Gasteiger partial charge in [0, 0.05) is 63.8 Å². The minimum atomic E-state index is 0.621. The van der Waals surface area contributed by atoms with E-state index in [4.69, 9.17) is 14.4 Å². The van der Waals surface area contributed by atoms with E-state index < -0.39 is 0 Å². The number of aromatic nitrogens is 3. The Bertz CT molecular complexity index is 4290. The van der Waals surface area contributed by atoms with Crippen LogP contribution in [-0.2, 0) is 0 Å². The van der Waals surface area contributed by atoms with E-state index in [0.29, 0.717) is 5.95 Å². The predicted molar refractivity (Wildman–Crippen MR) is 281 cm³/mol. The SMILES string of the molecule is c1ccc(-c2nc(-n3c4ccc(-c5cccc6c5oc5ccccc56)cc4c4cccc(-c5cccc(-c6cccc(-c7cccc8sc9ccccc9c78)c6)c5)c43)nc3ccccc23)cc1. The molecule has 4 heterocycles. The van der Waals surface area contributed by atoms with Crippen molar-refractivity contribution in [3.8, 4) is 61.7 Å². The molecule has 67 heavy (non-hydrogen) atoms. The molecule has 14 rings (SSSR count). The van der Waals surface area contributed by atoms with E-state index in [2.05, 4.69) is 211 Å². The average molecular weight is 872 g/mol. The minimum absolute atomic E-state index is 0.621. The number of furan rings is 1. The number of nitrogens with zero attached hydrogens (tertiary/aromatic N) is 3. The number of hydrogen-bond acceptors (Lipinski definition) is 4. The van der Waals surface area contributed by atoms with Gasteiger partial charge in [0.05, 0.1) is 22.2 Å². The first kappa shape index (κ1) is 37.7. The maximum Gasteiger partial charge on any atom is 0.235 e. The largest absolute Gasteiger partial charge is 0.455 e. The van der Waals surface area contributed by atoms with Crippen molar-refractivity contribution in [3.63, 3.8) is 0 Å². The summed E-state index contributed by atoms with van der Waals surface area (Å²) in [5.41, 5.74) is 15.8. The van der Waals surface area contributed by atoms with Crippen LogP contribution in [0, 0.1) is 0 Å². The van der Waals surface area contributed by atoms with Gasteiger partial charge < -0.3 is 4.42 Å². The van der Waals surface area contributed by atoms with Crippen molar-refractivity contribution in [2.24, 2.45) is 0 Å². The Hall–Kier alpha value is -8.64. The van der Waals surface area contributed by atoms with Crippen molar-refractivity contribution < 1.29 is 4.42 Å². The monoisotopic (exact) mass is 871 g/mol. The summed E-state index contributed by atoms with van der Waals surface area (Å²) in [6.07, 6.45) is 0. The number of rotatable bonds is 6. The van der Waals surface area contributed by atoms with Gasteiger partial charge in [-0.25, -0.2) is 9.97 Å². The molecule has 0 bridgehead atoms. The lowest BCUT2D eigenvalue weighted by atomic mass is 9.94. The van der Waals surface area contributed by atoms with E-state index in [0.717, 1.165) is 93.7 Å². The molecule has 10 aromatic carbocycles. The van der Waals surface area contributed by atoms with Crippen LogP contribution in [0.15, 0.2) is 229 Å². The molecule has 0 atom stereocenters. The lowest BCUT2D eigenvalue weighted by Crippen LogP contribution is -2.04. The smallest absolute Gasteiger partial charge is 0.235 e. The first-order valence-corrected chi connectivity index (χ1v) is 23.5. The average Bonchev–Trinajstić information content (AvgIpc) is 4.08. The Balaban J connectivity index is 0.987. The summed E-state index contributed by atoms with van der Waals surface area (Å²) in [5, 5.41) is 8.09. The van der Waals surface area contributed by atoms with E-state index in [-0.39, 0.29) is 0 Å². The molecule has 0 spiro atoms. The molecule has 0 aliphatic heterocycles. The van der Waals surface area contributed by atoms with Gasteiger partial charge in [0.1, 0.15) is 11.2 Å². The third-order valence-electron chi connectivity index (χ3n) is 13.4. The van der Waals surface area contributed by atoms with E-state index in [9.17, 15) is 0 Å². The molecule has 14 aromatic rings. The highest BCUT2D eigenvalue weighted by Crippen LogP contribution is 2.44. The zero-order valence-electron chi connectivity index (χ0n) is 36.0. The summed E-state index contributed by atoms with van der Waals surface area (Å²) in [7, 11) is 0. The fourth-order valence-electron chi connectivity index (χ4n) is 10.4. The fraction of sp³-hybridized carbons (Fsp3) is 0. The van der Waals surface area contributed by atoms with Crippen molar-refractivity contribution in [1.29, 1.82) is 0 Å². The maximum atomic E-state index is 6.57. The number of fused-ring (bicyclic) bond motifs is 10. The van der Waals surface area contributed by atoms with E-state index >= 15 is 0 Å². The predicted octanol–water partition coefficient (Wildman–Crippen LogP) is 17.3. The molecule has 0 saturated heterocycles. The molecule has 0 saturated carbocycles. The van der Waals surface area contributed by atoms with Crippen LogP contribution >= 0.6 is 11.3 Å². The quantitative estimate of drug-likeness (QED) is 0.167. The third-order valence-corrected chi connectivity index (χ3v) is 14.6. The summed E-state index contributed by atoms with van der Waals surface area (Å²) in [6.45, 7) is 0. The van der Waals surface area contributed by atoms with E-state index in [1.807, 2.05) is 29.5 Å². The van der Waals surface area contributed by atoms with Crippen LogP contribution in [0.5, 0.6) is 0 Å². The molecule has 0 aliphatic rings. The Labute approximate surface area is 389 Å². The van der Waals surface area contributed by atoms with Crippen LogP contribution in [0.2, 0.25) is 0 Å². The van der Waals surface area contributed by atoms with Gasteiger partial charge in [0.2, 0.25) is 5.95 Å². The van der Waals surface area contributed by atoms with E-state index in [1.54, 1.807) is 0 Å². The van der Waals surface area contributed by atoms with Gasteiger partial charge in [-0.2, -0.15) is 0 Å². The molecule has 0 N–H and O–H groups in total. The number of thiophene rings is 1. The molecule has 5 heteroatoms. The number of hydrogen-bond donors (Lipinski definition) is 0. The van der Waals surface area contributed by atoms with Crippen molar-refractivity contribution >= 4 is 86.2 Å². The standard InChI is InChI=1S/C62H37N3OS/c1-2-15-38(16-3-1)59-50-22-4-7-29-53(50)63-62(64-59)65-54-34-33-43(46-26-13-28-49-47-21-5-8-30-55(47)66-61(46)49)37-52(54)48-27-12-25-45(60(48)65)42-20-11-18-40(36-42)39-17-10-19-41(35-39)44-24-14-32-57-58(44)51-23-6-9-31-56(51)67-57/h1-37H. The number of para-hydroxylation sites is 4. The highest BCUT2D eigenvalue weighted by molar-refractivity contribution is 7.25. The third kappa shape index (κ3) is 5.99. The second-order valence-corrected chi connectivity index (χ2v) is 18.3. The molecule has 0 aliphatic carbocycles. The van der Waals surface area contributed by atoms with Gasteiger partial charge in [-0.1, -0.05) is 176 Å². The van der Waals surface area contributed by atoms with Crippen LogP contribution in [-0.4, -0.2) is 14.5 Å². The van der Waals surface area contributed by atoms with Crippen molar-refractivity contribution in [2.75, 3.05) is 0 Å². The lowest BCUT2D eigenvalue weighted by molar-refractivity contribution is 0.670. The summed E-state index contributed by atoms with van der Waals surface area (Å²) < 4.78 is 11.5. The molecular weight excluding hydrogens is 835 g/mol. The Morgan fingerprint density at radius 1 is 0.373 bits per heavy atom. The van der Waals surface area contributed by atoms with Crippen LogP contribution < -0.4 is 0 Å². The Morgan fingerprint density at radius 2 is 0.970 bits per heavy atom. The maximum absolute atomic E-state index is 6.57. The molecule has 0 fully saturated rings. The van der Waals surface area contributed by atoms with Crippen molar-refractivity contribution in [2.45, 2.75) is 0 Å². The normalized spacial score (nSPS) is 11.9. The van der Waals surface area contributed by atoms with Gasteiger partial charge in [-0.15, -0.1) is 11.3 Å². The topological polar surface area (TPSA) is 43.9 Å². The Morgan fingerprint density at radius 3 is 1.82 bits per heavy atom. The molecule has 4 nitrogen and oxygen atoms in total. The number of benzene rings is 10. The molecule has 0 unspecified atom stereocenters. The van der Waals surface area contributed by atoms with Gasteiger partial charge in [-0.3, -0.25) is 4.57 Å². The van der Waals surface area contributed by atoms with E-state index in [1.165, 1.54) is 36.9 Å². The highest BCUT2D eigenvalue weighted by atomic mass is 32.1. The van der Waals surface area contributed by atoms with Gasteiger partial charge >= 0.3 is 0 Å². The molecule has 312 valence electrons. The van der Waals surface area contributed by atoms with Crippen LogP contribution in [0.25, 0.3) is 137 Å². The van der Waals surface area contributed by atoms with Crippen LogP contribution in [0.1, 0.15) is 0 Å². The van der Waals surface area contributed by atoms with Crippen LogP contribution in [0.3, 0.4) is 0 Å². The van der Waals surface area contributed by atoms with Crippen LogP contribution in [0.4, 0.5) is 0 Å². The summed E-state index contributed by atoms with van der Waals surface area (Å²) in [5.74, 6) is 0.621. The summed E-state index contributed by atoms with van der Waals surface area (Å²) in [4.78, 5) is 10.8. The minimum Gasteiger partial charge on any atom is -0.455 e. The first-order chi connectivity index (χ1) is 33.2. The molecule has 4 aromatic heterocycles. The molecular formula is C62H37N3OS. The van der Waals surface area contributed by atoms with Crippen molar-refractivity contribution in [3.05, 3.63) is 224 Å². The zero-order valence-corrected chi connectivity index (χ0v) is 36.8. The second kappa shape index (κ2) is 15.0. The zero-order chi connectivity index (χ0) is 44.0. The molecule has 0 amide bonds. The van der Waals surface area contributed by atoms with Crippen molar-refractivity contribution in [1.82, 2.24) is 14.5 Å². The summed E-state index contributed by atoms with van der Waals surface area (Å²) >= 11 is 1.86. The van der Waals surface area contributed by atoms with Gasteiger partial charge in [0.25, 0.3) is 0 Å². The fourth-order valence-corrected chi connectivity index (χ4v) is 11.5. The van der Waals surface area contributed by atoms with Gasteiger partial charge in [0.15, 0.2) is 0 Å². The first-order valence-electron chi connectivity index (χ1n) is 22.6. The molecule has 0 radical (unpaired) electrons. The summed E-state index contributed by atoms with van der Waals surface area (Å²) in [6, 6.07) is 80.3. The lowest BCUT2D eigenvalue weighted by Gasteiger charge is -2.14. The highest BCUT2D eigenvalue weighted by Gasteiger charge is 2.22. The Kier molecular flexibility index (Phi) is 8.42.